The monoisotopic (exact) mass is 500 g/mol. The summed E-state index contributed by atoms with van der Waals surface area (Å²) in [4.78, 5) is 16.8. The average Bonchev–Trinajstić information content (AvgIpc) is 3.18. The number of imidazole rings is 1. The first-order chi connectivity index (χ1) is 15.6. The third kappa shape index (κ3) is 4.60. The highest BCUT2D eigenvalue weighted by Gasteiger charge is 2.41. The molecule has 0 aliphatic heterocycles. The van der Waals surface area contributed by atoms with Gasteiger partial charge in [0.1, 0.15) is 0 Å². The molecule has 4 rings (SSSR count). The molecule has 0 bridgehead atoms. The zero-order valence-corrected chi connectivity index (χ0v) is 19.7. The molecule has 3 heterocycles. The average molecular weight is 501 g/mol. The van der Waals surface area contributed by atoms with Gasteiger partial charge in [-0.3, -0.25) is 4.40 Å². The van der Waals surface area contributed by atoms with Gasteiger partial charge in [-0.2, -0.15) is 0 Å². The molecule has 1 aliphatic carbocycles. The van der Waals surface area contributed by atoms with E-state index in [0.717, 1.165) is 12.8 Å². The lowest BCUT2D eigenvalue weighted by Crippen LogP contribution is -2.34. The second kappa shape index (κ2) is 8.66. The number of carbonyl (C=O) groups is 1. The predicted octanol–water partition coefficient (Wildman–Crippen LogP) is 2.17. The fraction of sp³-hybridized carbons (Fsp3) is 0.474. The fourth-order valence-electron chi connectivity index (χ4n) is 3.34. The molecular formula is C19H22F2N6O4S2. The fourth-order valence-corrected chi connectivity index (χ4v) is 5.54. The molecule has 0 amide bonds. The van der Waals surface area contributed by atoms with Gasteiger partial charge in [0.15, 0.2) is 21.5 Å². The number of ether oxygens (including phenoxy) is 1. The summed E-state index contributed by atoms with van der Waals surface area (Å²) in [7, 11) is -0.973. The van der Waals surface area contributed by atoms with E-state index in [2.05, 4.69) is 25.2 Å². The normalized spacial score (nSPS) is 15.3. The van der Waals surface area contributed by atoms with Gasteiger partial charge in [0.25, 0.3) is 6.43 Å². The summed E-state index contributed by atoms with van der Waals surface area (Å²) >= 11 is 0.614. The van der Waals surface area contributed by atoms with Crippen molar-refractivity contribution in [2.45, 2.75) is 43.0 Å². The van der Waals surface area contributed by atoms with Crippen LogP contribution in [0.2, 0.25) is 0 Å². The Morgan fingerprint density at radius 3 is 2.67 bits per heavy atom. The lowest BCUT2D eigenvalue weighted by molar-refractivity contribution is 0.0597. The summed E-state index contributed by atoms with van der Waals surface area (Å²) in [6, 6.07) is 1.49. The van der Waals surface area contributed by atoms with Gasteiger partial charge in [-0.1, -0.05) is 11.3 Å². The summed E-state index contributed by atoms with van der Waals surface area (Å²) in [5.41, 5.74) is 0.265. The molecule has 0 aromatic carbocycles. The van der Waals surface area contributed by atoms with Crippen LogP contribution in [0.1, 0.15) is 47.3 Å². The molecule has 10 nitrogen and oxygen atoms in total. The minimum absolute atomic E-state index is 0.0201. The first-order valence-corrected chi connectivity index (χ1v) is 12.3. The Morgan fingerprint density at radius 2 is 2.09 bits per heavy atom. The van der Waals surface area contributed by atoms with E-state index in [1.807, 2.05) is 6.92 Å². The van der Waals surface area contributed by atoms with Crippen LogP contribution in [0.4, 0.5) is 8.78 Å². The number of methoxy groups -OCH3 is 1. The maximum atomic E-state index is 13.1. The molecule has 0 saturated heterocycles. The Labute approximate surface area is 192 Å². The quantitative estimate of drug-likeness (QED) is 0.428. The number of nitrogens with one attached hydrogen (secondary N) is 2. The van der Waals surface area contributed by atoms with Gasteiger partial charge in [-0.25, -0.2) is 31.7 Å². The van der Waals surface area contributed by atoms with Gasteiger partial charge < -0.3 is 10.1 Å². The third-order valence-electron chi connectivity index (χ3n) is 5.32. The number of esters is 1. The number of carbonyl (C=O) groups excluding carboxylic acids is 1. The van der Waals surface area contributed by atoms with Gasteiger partial charge in [-0.15, -0.1) is 10.2 Å². The van der Waals surface area contributed by atoms with Crippen LogP contribution >= 0.6 is 11.3 Å². The zero-order valence-electron chi connectivity index (χ0n) is 18.1. The molecule has 2 N–H and O–H groups in total. The topological polar surface area (TPSA) is 128 Å². The number of hydrogen-bond acceptors (Lipinski definition) is 9. The molecule has 3 aromatic heterocycles. The first-order valence-electron chi connectivity index (χ1n) is 10.0. The molecular weight excluding hydrogens is 478 g/mol. The Kier molecular flexibility index (Phi) is 6.20. The van der Waals surface area contributed by atoms with E-state index in [4.69, 9.17) is 4.74 Å². The Morgan fingerprint density at radius 1 is 1.36 bits per heavy atom. The van der Waals surface area contributed by atoms with Crippen molar-refractivity contribution in [3.05, 3.63) is 28.5 Å². The van der Waals surface area contributed by atoms with Gasteiger partial charge in [0.05, 0.1) is 17.5 Å². The minimum atomic E-state index is -3.91. The molecule has 1 saturated carbocycles. The predicted molar refractivity (Wildman–Crippen MR) is 116 cm³/mol. The highest BCUT2D eigenvalue weighted by atomic mass is 32.2. The number of alkyl halides is 2. The second-order valence-electron chi connectivity index (χ2n) is 7.96. The van der Waals surface area contributed by atoms with Crippen LogP contribution < -0.4 is 10.0 Å². The lowest BCUT2D eigenvalue weighted by atomic mass is 10.1. The second-order valence-corrected chi connectivity index (χ2v) is 10.7. The zero-order chi connectivity index (χ0) is 24.0. The lowest BCUT2D eigenvalue weighted by Gasteiger charge is -2.15. The third-order valence-corrected chi connectivity index (χ3v) is 7.85. The number of nitrogens with zero attached hydrogens (tertiary/aromatic N) is 4. The summed E-state index contributed by atoms with van der Waals surface area (Å²) in [6.07, 6.45) is 0.308. The van der Waals surface area contributed by atoms with Crippen molar-refractivity contribution in [3.8, 4) is 10.8 Å². The van der Waals surface area contributed by atoms with E-state index in [-0.39, 0.29) is 21.4 Å². The molecule has 33 heavy (non-hydrogen) atoms. The van der Waals surface area contributed by atoms with Crippen molar-refractivity contribution in [3.63, 3.8) is 0 Å². The van der Waals surface area contributed by atoms with Crippen molar-refractivity contribution >= 4 is 32.8 Å². The largest absolute Gasteiger partial charge is 0.464 e. The number of hydrogen-bond donors (Lipinski definition) is 2. The number of rotatable bonds is 9. The summed E-state index contributed by atoms with van der Waals surface area (Å²) in [5, 5.41) is 9.77. The molecule has 1 fully saturated rings. The van der Waals surface area contributed by atoms with Crippen LogP contribution in [-0.2, 0) is 21.2 Å². The maximum Gasteiger partial charge on any atom is 0.358 e. The number of aromatic nitrogens is 4. The molecule has 0 radical (unpaired) electrons. The van der Waals surface area contributed by atoms with Crippen LogP contribution in [0.5, 0.6) is 0 Å². The molecule has 0 unspecified atom stereocenters. The van der Waals surface area contributed by atoms with Crippen LogP contribution in [0.25, 0.3) is 16.3 Å². The number of fused-ring (bicyclic) bond motifs is 1. The van der Waals surface area contributed by atoms with E-state index >= 15 is 0 Å². The van der Waals surface area contributed by atoms with Crippen LogP contribution in [-0.4, -0.2) is 60.2 Å². The van der Waals surface area contributed by atoms with Gasteiger partial charge in [0, 0.05) is 11.7 Å². The highest BCUT2D eigenvalue weighted by molar-refractivity contribution is 7.89. The van der Waals surface area contributed by atoms with Crippen molar-refractivity contribution in [1.29, 1.82) is 0 Å². The van der Waals surface area contributed by atoms with Crippen molar-refractivity contribution in [1.82, 2.24) is 29.6 Å². The number of sulfonamides is 1. The summed E-state index contributed by atoms with van der Waals surface area (Å²) < 4.78 is 61.4. The van der Waals surface area contributed by atoms with Crippen LogP contribution in [0.3, 0.4) is 0 Å². The number of likely N-dealkylation sites (N-methyl/N-ethyl adjacent to an activating group) is 1. The van der Waals surface area contributed by atoms with Gasteiger partial charge in [0.2, 0.25) is 10.0 Å². The minimum Gasteiger partial charge on any atom is -0.464 e. The van der Waals surface area contributed by atoms with E-state index < -0.39 is 33.0 Å². The number of pyridine rings is 1. The molecule has 0 atom stereocenters. The van der Waals surface area contributed by atoms with Crippen molar-refractivity contribution in [2.75, 3.05) is 20.7 Å². The Hall–Kier alpha value is -2.55. The smallest absolute Gasteiger partial charge is 0.358 e. The van der Waals surface area contributed by atoms with E-state index in [0.29, 0.717) is 35.4 Å². The molecule has 1 aliphatic rings. The summed E-state index contributed by atoms with van der Waals surface area (Å²) in [5.74, 6) is -0.725. The van der Waals surface area contributed by atoms with E-state index in [1.165, 1.54) is 23.8 Å². The van der Waals surface area contributed by atoms with Gasteiger partial charge >= 0.3 is 5.97 Å². The van der Waals surface area contributed by atoms with Crippen molar-refractivity contribution < 1.29 is 26.7 Å². The summed E-state index contributed by atoms with van der Waals surface area (Å²) in [6.45, 7) is 2.30. The van der Waals surface area contributed by atoms with Crippen LogP contribution in [0.15, 0.2) is 17.2 Å². The Bertz CT molecular complexity index is 1320. The molecule has 3 aromatic rings. The molecule has 14 heteroatoms. The highest BCUT2D eigenvalue weighted by Crippen LogP contribution is 2.37. The number of halogens is 2. The molecule has 178 valence electrons. The van der Waals surface area contributed by atoms with Crippen LogP contribution in [0, 0.1) is 0 Å². The van der Waals surface area contributed by atoms with E-state index in [1.54, 1.807) is 7.05 Å². The molecule has 0 spiro atoms. The SMILES string of the molecule is CNCCc1cc(S(=O)(=O)NC2(C)CC2)cn2c(-c3nnc(C(F)F)s3)nc(C(=O)OC)c12. The van der Waals surface area contributed by atoms with Gasteiger partial charge in [-0.05, 0) is 51.4 Å². The van der Waals surface area contributed by atoms with Crippen molar-refractivity contribution in [2.24, 2.45) is 0 Å². The van der Waals surface area contributed by atoms with E-state index in [9.17, 15) is 22.0 Å². The first kappa shape index (κ1) is 23.6. The standard InChI is InChI=1S/C19H22F2N6O4S2/c1-19(5-6-19)26-33(29,30)11-8-10(4-7-22-2)13-12(18(28)31-3)23-15(27(13)9-11)17-25-24-16(32-17)14(20)21/h8-9,14,22,26H,4-7H2,1-3H3. The Balaban J connectivity index is 1.97. The maximum absolute atomic E-state index is 13.1.